The molecule has 2 aliphatic heterocycles. The Bertz CT molecular complexity index is 1390. The minimum Gasteiger partial charge on any atom is -0.372 e. The number of para-hydroxylation sites is 1. The first-order valence-electron chi connectivity index (χ1n) is 13.3. The van der Waals surface area contributed by atoms with E-state index < -0.39 is 0 Å². The summed E-state index contributed by atoms with van der Waals surface area (Å²) in [5, 5.41) is 1.04. The van der Waals surface area contributed by atoms with Gasteiger partial charge in [0.05, 0.1) is 12.2 Å². The van der Waals surface area contributed by atoms with Crippen LogP contribution in [0.3, 0.4) is 0 Å². The van der Waals surface area contributed by atoms with Gasteiger partial charge in [-0.15, -0.1) is 0 Å². The highest BCUT2D eigenvalue weighted by molar-refractivity contribution is 5.79. The highest BCUT2D eigenvalue weighted by Crippen LogP contribution is 2.32. The molecule has 1 unspecified atom stereocenters. The van der Waals surface area contributed by atoms with Crippen LogP contribution in [0.25, 0.3) is 22.2 Å². The number of nitrogens with zero attached hydrogens (tertiary/aromatic N) is 7. The Balaban J connectivity index is 1.17. The van der Waals surface area contributed by atoms with Crippen molar-refractivity contribution in [1.82, 2.24) is 24.4 Å². The van der Waals surface area contributed by atoms with Crippen molar-refractivity contribution in [3.8, 4) is 11.1 Å². The third-order valence-corrected chi connectivity index (χ3v) is 7.47. The number of morpholine rings is 1. The van der Waals surface area contributed by atoms with Crippen molar-refractivity contribution in [2.75, 3.05) is 49.1 Å². The molecule has 0 N–H and O–H groups in total. The molecule has 4 aromatic rings. The summed E-state index contributed by atoms with van der Waals surface area (Å²) in [7, 11) is 0. The number of piperazine rings is 1. The SMILES string of the molecule is C[C@@H]1CN(c2ncc(-c3ccccc3N3CCN(C(C=O)n4ccc5cccnc54)CC3)cn2)C[C@@H](C)O1. The number of aromatic nitrogens is 4. The average molecular weight is 512 g/mol. The van der Waals surface area contributed by atoms with Crippen molar-refractivity contribution in [3.05, 3.63) is 67.3 Å². The van der Waals surface area contributed by atoms with E-state index in [9.17, 15) is 4.79 Å². The lowest BCUT2D eigenvalue weighted by Crippen LogP contribution is -2.49. The van der Waals surface area contributed by atoms with E-state index in [-0.39, 0.29) is 18.4 Å². The largest absolute Gasteiger partial charge is 0.372 e. The van der Waals surface area contributed by atoms with E-state index in [1.807, 2.05) is 41.4 Å². The molecular formula is C29H33N7O2. The molecule has 6 rings (SSSR count). The van der Waals surface area contributed by atoms with E-state index in [4.69, 9.17) is 14.7 Å². The smallest absolute Gasteiger partial charge is 0.225 e. The first-order chi connectivity index (χ1) is 18.6. The predicted octanol–water partition coefficient (Wildman–Crippen LogP) is 3.63. The third kappa shape index (κ3) is 4.75. The topological polar surface area (TPSA) is 79.6 Å². The highest BCUT2D eigenvalue weighted by Gasteiger charge is 2.27. The highest BCUT2D eigenvalue weighted by atomic mass is 16.5. The molecule has 0 radical (unpaired) electrons. The second kappa shape index (κ2) is 10.5. The summed E-state index contributed by atoms with van der Waals surface area (Å²) in [5.74, 6) is 0.744. The molecule has 2 aliphatic rings. The van der Waals surface area contributed by atoms with Crippen LogP contribution in [0.1, 0.15) is 20.0 Å². The van der Waals surface area contributed by atoms with Crippen LogP contribution >= 0.6 is 0 Å². The lowest BCUT2D eigenvalue weighted by Gasteiger charge is -2.39. The summed E-state index contributed by atoms with van der Waals surface area (Å²) >= 11 is 0. The molecule has 9 heteroatoms. The molecule has 2 saturated heterocycles. The van der Waals surface area contributed by atoms with Crippen LogP contribution in [0.2, 0.25) is 0 Å². The van der Waals surface area contributed by atoms with Gasteiger partial charge in [-0.3, -0.25) is 9.69 Å². The van der Waals surface area contributed by atoms with Gasteiger partial charge < -0.3 is 19.1 Å². The molecule has 9 nitrogen and oxygen atoms in total. The van der Waals surface area contributed by atoms with Gasteiger partial charge in [-0.2, -0.15) is 0 Å². The molecule has 38 heavy (non-hydrogen) atoms. The number of carbonyl (C=O) groups excluding carboxylic acids is 1. The van der Waals surface area contributed by atoms with E-state index in [1.165, 1.54) is 0 Å². The Hall–Kier alpha value is -3.82. The quantitative estimate of drug-likeness (QED) is 0.363. The molecule has 196 valence electrons. The maximum atomic E-state index is 12.2. The summed E-state index contributed by atoms with van der Waals surface area (Å²) in [6, 6.07) is 14.4. The van der Waals surface area contributed by atoms with E-state index in [0.29, 0.717) is 0 Å². The summed E-state index contributed by atoms with van der Waals surface area (Å²) < 4.78 is 7.83. The first-order valence-corrected chi connectivity index (χ1v) is 13.3. The van der Waals surface area contributed by atoms with Gasteiger partial charge in [0, 0.05) is 86.3 Å². The molecular weight excluding hydrogens is 478 g/mol. The summed E-state index contributed by atoms with van der Waals surface area (Å²) in [6.45, 7) is 8.93. The van der Waals surface area contributed by atoms with Crippen molar-refractivity contribution in [2.24, 2.45) is 0 Å². The Morgan fingerprint density at radius 2 is 1.63 bits per heavy atom. The number of benzene rings is 1. The van der Waals surface area contributed by atoms with Gasteiger partial charge in [0.25, 0.3) is 0 Å². The van der Waals surface area contributed by atoms with Gasteiger partial charge in [-0.05, 0) is 38.1 Å². The Labute approximate surface area is 222 Å². The van der Waals surface area contributed by atoms with Crippen molar-refractivity contribution in [2.45, 2.75) is 32.2 Å². The number of carbonyl (C=O) groups is 1. The minimum absolute atomic E-state index is 0.160. The summed E-state index contributed by atoms with van der Waals surface area (Å²) in [4.78, 5) is 32.9. The van der Waals surface area contributed by atoms with Crippen molar-refractivity contribution < 1.29 is 9.53 Å². The number of anilines is 2. The van der Waals surface area contributed by atoms with Crippen molar-refractivity contribution in [1.29, 1.82) is 0 Å². The summed E-state index contributed by atoms with van der Waals surface area (Å²) in [5.41, 5.74) is 4.11. The van der Waals surface area contributed by atoms with Gasteiger partial charge in [0.2, 0.25) is 5.95 Å². The molecule has 0 bridgehead atoms. The van der Waals surface area contributed by atoms with Gasteiger partial charge in [0.15, 0.2) is 6.29 Å². The third-order valence-electron chi connectivity index (χ3n) is 7.47. The molecule has 0 amide bonds. The zero-order chi connectivity index (χ0) is 26.1. The normalized spacial score (nSPS) is 21.5. The van der Waals surface area contributed by atoms with Crippen LogP contribution in [-0.4, -0.2) is 82.2 Å². The monoisotopic (exact) mass is 511 g/mol. The molecule has 1 aromatic carbocycles. The van der Waals surface area contributed by atoms with E-state index in [2.05, 4.69) is 57.8 Å². The second-order valence-electron chi connectivity index (χ2n) is 10.2. The second-order valence-corrected chi connectivity index (χ2v) is 10.2. The van der Waals surface area contributed by atoms with E-state index >= 15 is 0 Å². The number of fused-ring (bicyclic) bond motifs is 1. The number of hydrogen-bond acceptors (Lipinski definition) is 8. The van der Waals surface area contributed by atoms with Crippen LogP contribution in [0, 0.1) is 0 Å². The van der Waals surface area contributed by atoms with Crippen LogP contribution in [0.4, 0.5) is 11.6 Å². The number of hydrogen-bond donors (Lipinski definition) is 0. The first kappa shape index (κ1) is 24.5. The van der Waals surface area contributed by atoms with Crippen LogP contribution in [-0.2, 0) is 9.53 Å². The maximum Gasteiger partial charge on any atom is 0.225 e. The zero-order valence-electron chi connectivity index (χ0n) is 21.8. The number of ether oxygens (including phenoxy) is 1. The van der Waals surface area contributed by atoms with Crippen LogP contribution in [0.15, 0.2) is 67.3 Å². The van der Waals surface area contributed by atoms with Gasteiger partial charge in [-0.25, -0.2) is 15.0 Å². The molecule has 2 fully saturated rings. The van der Waals surface area contributed by atoms with Crippen molar-refractivity contribution >= 4 is 29.0 Å². The van der Waals surface area contributed by atoms with Gasteiger partial charge in [-0.1, -0.05) is 18.2 Å². The average Bonchev–Trinajstić information content (AvgIpc) is 3.37. The number of aldehydes is 1. The molecule has 3 aromatic heterocycles. The Kier molecular flexibility index (Phi) is 6.78. The fourth-order valence-electron chi connectivity index (χ4n) is 5.71. The number of pyridine rings is 1. The number of rotatable bonds is 6. The molecule has 0 saturated carbocycles. The lowest BCUT2D eigenvalue weighted by atomic mass is 10.1. The van der Waals surface area contributed by atoms with E-state index in [1.54, 1.807) is 6.20 Å². The Morgan fingerprint density at radius 1 is 0.895 bits per heavy atom. The zero-order valence-corrected chi connectivity index (χ0v) is 21.8. The van der Waals surface area contributed by atoms with Crippen LogP contribution in [0.5, 0.6) is 0 Å². The fraction of sp³-hybridized carbons (Fsp3) is 0.379. The summed E-state index contributed by atoms with van der Waals surface area (Å²) in [6.07, 6.45) is 8.55. The molecule has 5 heterocycles. The van der Waals surface area contributed by atoms with Crippen molar-refractivity contribution in [3.63, 3.8) is 0 Å². The predicted molar refractivity (Wildman–Crippen MR) is 148 cm³/mol. The molecule has 0 aliphatic carbocycles. The standard InChI is InChI=1S/C29H33N7O2/c1-21-18-35(19-22(2)38-21)29-31-16-24(17-32-29)25-7-3-4-8-26(25)33-12-14-34(15-13-33)27(20-37)36-11-9-23-6-5-10-30-28(23)36/h3-11,16-17,20-22,27H,12-15,18-19H2,1-2H3/t21-,22-,27?/m1/s1. The van der Waals surface area contributed by atoms with Crippen LogP contribution < -0.4 is 9.80 Å². The maximum absolute atomic E-state index is 12.2. The minimum atomic E-state index is -0.369. The van der Waals surface area contributed by atoms with Gasteiger partial charge >= 0.3 is 0 Å². The lowest BCUT2D eigenvalue weighted by molar-refractivity contribution is -0.115. The Morgan fingerprint density at radius 3 is 2.37 bits per heavy atom. The van der Waals surface area contributed by atoms with E-state index in [0.717, 1.165) is 79.4 Å². The molecule has 3 atom stereocenters. The fourth-order valence-corrected chi connectivity index (χ4v) is 5.71. The molecule has 0 spiro atoms. The van der Waals surface area contributed by atoms with Gasteiger partial charge in [0.1, 0.15) is 11.8 Å².